The van der Waals surface area contributed by atoms with E-state index in [1.807, 2.05) is 79.1 Å². The Morgan fingerprint density at radius 2 is 1.51 bits per heavy atom. The molecule has 5 aromatic carbocycles. The van der Waals surface area contributed by atoms with Gasteiger partial charge in [0.2, 0.25) is 0 Å². The van der Waals surface area contributed by atoms with Gasteiger partial charge in [-0.05, 0) is 69.1 Å². The van der Waals surface area contributed by atoms with Gasteiger partial charge in [0, 0.05) is 10.5 Å². The van der Waals surface area contributed by atoms with Crippen LogP contribution in [0.15, 0.2) is 102 Å². The van der Waals surface area contributed by atoms with Crippen LogP contribution >= 0.6 is 11.8 Å². The van der Waals surface area contributed by atoms with E-state index < -0.39 is 23.6 Å². The first-order chi connectivity index (χ1) is 18.8. The quantitative estimate of drug-likeness (QED) is 0.130. The van der Waals surface area contributed by atoms with Crippen LogP contribution in [-0.4, -0.2) is 17.8 Å². The third-order valence-corrected chi connectivity index (χ3v) is 8.35. The summed E-state index contributed by atoms with van der Waals surface area (Å²) in [7, 11) is 0. The number of hydrogen-bond acceptors (Lipinski definition) is 3. The molecule has 2 atom stereocenters. The Labute approximate surface area is 227 Å². The lowest BCUT2D eigenvalue weighted by Crippen LogP contribution is -2.37. The van der Waals surface area contributed by atoms with Gasteiger partial charge in [-0.3, -0.25) is 9.59 Å². The van der Waals surface area contributed by atoms with Crippen molar-refractivity contribution in [3.63, 3.8) is 0 Å². The number of rotatable bonds is 4. The number of fused-ring (bicyclic) bond motifs is 5. The summed E-state index contributed by atoms with van der Waals surface area (Å²) in [4.78, 5) is 29.2. The highest BCUT2D eigenvalue weighted by Gasteiger charge is 2.43. The van der Waals surface area contributed by atoms with Crippen molar-refractivity contribution in [3.8, 4) is 0 Å². The van der Waals surface area contributed by atoms with Gasteiger partial charge in [-0.15, -0.1) is 11.8 Å². The van der Waals surface area contributed by atoms with Gasteiger partial charge >= 0.3 is 6.18 Å². The maximum atomic E-state index is 14.1. The van der Waals surface area contributed by atoms with Crippen LogP contribution in [0.5, 0.6) is 0 Å². The molecule has 39 heavy (non-hydrogen) atoms. The number of Topliss-reactive ketones (excluding diaryl/α,β-unsaturated/α-hetero) is 2. The maximum absolute atomic E-state index is 14.1. The molecule has 0 N–H and O–H groups in total. The first kappa shape index (κ1) is 25.4. The molecule has 0 aromatic heterocycles. The largest absolute Gasteiger partial charge is 0.416 e. The van der Waals surface area contributed by atoms with E-state index in [1.165, 1.54) is 6.07 Å². The topological polar surface area (TPSA) is 34.1 Å². The smallest absolute Gasteiger partial charge is 0.298 e. The summed E-state index contributed by atoms with van der Waals surface area (Å²) >= 11 is 1.59. The molecule has 0 bridgehead atoms. The lowest BCUT2D eigenvalue weighted by molar-refractivity contribution is -0.137. The molecule has 0 radical (unpaired) electrons. The fraction of sp³-hybridized carbons (Fsp3) is 0.152. The Morgan fingerprint density at radius 1 is 0.769 bits per heavy atom. The van der Waals surface area contributed by atoms with Crippen LogP contribution < -0.4 is 0 Å². The molecule has 194 valence electrons. The third-order valence-electron chi connectivity index (χ3n) is 7.60. The van der Waals surface area contributed by atoms with Gasteiger partial charge in [0.05, 0.1) is 17.4 Å². The van der Waals surface area contributed by atoms with Crippen LogP contribution in [0.2, 0.25) is 0 Å². The number of halogens is 3. The lowest BCUT2D eigenvalue weighted by atomic mass is 9.69. The summed E-state index contributed by atoms with van der Waals surface area (Å²) in [6.45, 7) is 0. The Morgan fingerprint density at radius 3 is 2.26 bits per heavy atom. The van der Waals surface area contributed by atoms with Crippen LogP contribution in [0.1, 0.15) is 38.5 Å². The molecule has 2 nitrogen and oxygen atoms in total. The standard InChI is InChI=1S/C33H23F3O2S/c1-39-23-12-9-21(10-13-23)29-27-16-15-25-24-8-3-2-6-20(24)11-14-26(25)30(27)32(38)28(31(29)37)18-19-5-4-7-22(17-19)33(34,35)36/h2-17,28-29H,18H2,1H3. The van der Waals surface area contributed by atoms with E-state index in [2.05, 4.69) is 0 Å². The second-order valence-corrected chi connectivity index (χ2v) is 10.7. The molecule has 0 fully saturated rings. The SMILES string of the molecule is CSc1ccc(C2C(=O)C(Cc3cccc(C(F)(F)F)c3)C(=O)c3c2ccc2c3ccc3ccccc32)cc1. The Hall–Kier alpha value is -3.90. The minimum atomic E-state index is -4.51. The molecule has 2 unspecified atom stereocenters. The molecule has 6 heteroatoms. The van der Waals surface area contributed by atoms with E-state index in [-0.39, 0.29) is 18.0 Å². The van der Waals surface area contributed by atoms with Gasteiger partial charge < -0.3 is 0 Å². The molecule has 0 saturated carbocycles. The number of hydrogen-bond donors (Lipinski definition) is 0. The predicted octanol–water partition coefficient (Wildman–Crippen LogP) is 8.49. The van der Waals surface area contributed by atoms with Crippen LogP contribution in [0.4, 0.5) is 13.2 Å². The Bertz CT molecular complexity index is 1760. The molecular weight excluding hydrogens is 517 g/mol. The number of carbonyl (C=O) groups is 2. The first-order valence-corrected chi connectivity index (χ1v) is 13.8. The van der Waals surface area contributed by atoms with E-state index in [0.717, 1.165) is 44.1 Å². The van der Waals surface area contributed by atoms with Crippen molar-refractivity contribution < 1.29 is 22.8 Å². The zero-order chi connectivity index (χ0) is 27.3. The van der Waals surface area contributed by atoms with E-state index in [1.54, 1.807) is 17.8 Å². The predicted molar refractivity (Wildman–Crippen MR) is 149 cm³/mol. The number of carbonyl (C=O) groups excluding carboxylic acids is 2. The molecule has 0 amide bonds. The fourth-order valence-electron chi connectivity index (χ4n) is 5.72. The van der Waals surface area contributed by atoms with E-state index in [4.69, 9.17) is 0 Å². The van der Waals surface area contributed by atoms with Gasteiger partial charge in [-0.2, -0.15) is 13.2 Å². The van der Waals surface area contributed by atoms with Gasteiger partial charge in [0.15, 0.2) is 11.6 Å². The molecule has 0 aliphatic heterocycles. The number of ketones is 2. The van der Waals surface area contributed by atoms with E-state index >= 15 is 0 Å². The summed E-state index contributed by atoms with van der Waals surface area (Å²) in [5, 5.41) is 3.69. The van der Waals surface area contributed by atoms with Gasteiger partial charge in [-0.1, -0.05) is 78.9 Å². The van der Waals surface area contributed by atoms with Crippen LogP contribution in [0, 0.1) is 5.92 Å². The highest BCUT2D eigenvalue weighted by Crippen LogP contribution is 2.43. The second-order valence-electron chi connectivity index (χ2n) is 9.84. The molecule has 0 spiro atoms. The summed E-state index contributed by atoms with van der Waals surface area (Å²) in [6, 6.07) is 28.2. The average molecular weight is 541 g/mol. The highest BCUT2D eigenvalue weighted by molar-refractivity contribution is 7.98. The zero-order valence-electron chi connectivity index (χ0n) is 21.0. The molecule has 0 saturated heterocycles. The van der Waals surface area contributed by atoms with Gasteiger partial charge in [-0.25, -0.2) is 0 Å². The first-order valence-electron chi connectivity index (χ1n) is 12.6. The number of thioether (sulfide) groups is 1. The van der Waals surface area contributed by atoms with Gasteiger partial charge in [0.1, 0.15) is 0 Å². The van der Waals surface area contributed by atoms with Crippen LogP contribution in [-0.2, 0) is 17.4 Å². The molecule has 6 rings (SSSR count). The summed E-state index contributed by atoms with van der Waals surface area (Å²) < 4.78 is 40.2. The summed E-state index contributed by atoms with van der Waals surface area (Å²) in [5.41, 5.74) is 1.40. The van der Waals surface area contributed by atoms with Crippen molar-refractivity contribution in [1.82, 2.24) is 0 Å². The van der Waals surface area contributed by atoms with E-state index in [9.17, 15) is 22.8 Å². The van der Waals surface area contributed by atoms with E-state index in [0.29, 0.717) is 16.7 Å². The molecule has 0 heterocycles. The van der Waals surface area contributed by atoms with Crippen LogP contribution in [0.25, 0.3) is 21.5 Å². The Balaban J connectivity index is 1.54. The summed E-state index contributed by atoms with van der Waals surface area (Å²) in [5.74, 6) is -2.42. The molecule has 1 aliphatic carbocycles. The number of alkyl halides is 3. The zero-order valence-corrected chi connectivity index (χ0v) is 21.8. The van der Waals surface area contributed by atoms with Crippen molar-refractivity contribution in [2.45, 2.75) is 23.4 Å². The Kier molecular flexibility index (Phi) is 6.31. The van der Waals surface area contributed by atoms with Crippen molar-refractivity contribution in [2.24, 2.45) is 5.92 Å². The number of benzene rings is 5. The van der Waals surface area contributed by atoms with Gasteiger partial charge in [0.25, 0.3) is 0 Å². The monoisotopic (exact) mass is 540 g/mol. The lowest BCUT2D eigenvalue weighted by Gasteiger charge is -2.31. The second kappa shape index (κ2) is 9.69. The van der Waals surface area contributed by atoms with Crippen molar-refractivity contribution in [1.29, 1.82) is 0 Å². The maximum Gasteiger partial charge on any atom is 0.416 e. The molecule has 5 aromatic rings. The van der Waals surface area contributed by atoms with Crippen molar-refractivity contribution >= 4 is 44.9 Å². The minimum absolute atomic E-state index is 0.0929. The third kappa shape index (κ3) is 4.43. The minimum Gasteiger partial charge on any atom is -0.298 e. The highest BCUT2D eigenvalue weighted by atomic mass is 32.2. The van der Waals surface area contributed by atoms with Crippen molar-refractivity contribution in [3.05, 3.63) is 125 Å². The summed E-state index contributed by atoms with van der Waals surface area (Å²) in [6.07, 6.45) is -2.64. The normalized spacial score (nSPS) is 17.5. The molecular formula is C33H23F3O2S. The average Bonchev–Trinajstić information content (AvgIpc) is 2.95. The van der Waals surface area contributed by atoms with Crippen LogP contribution in [0.3, 0.4) is 0 Å². The molecule has 1 aliphatic rings. The van der Waals surface area contributed by atoms with Crippen molar-refractivity contribution in [2.75, 3.05) is 6.26 Å². The fourth-order valence-corrected chi connectivity index (χ4v) is 6.13.